The molecule has 2 aromatic carbocycles. The molecule has 2 N–H and O–H groups in total. The second kappa shape index (κ2) is 7.99. The summed E-state index contributed by atoms with van der Waals surface area (Å²) in [6, 6.07) is 12.6. The zero-order valence-electron chi connectivity index (χ0n) is 16.8. The second-order valence-corrected chi connectivity index (χ2v) is 7.27. The maximum absolute atomic E-state index is 12.8. The number of aromatic carboxylic acids is 1. The quantitative estimate of drug-likeness (QED) is 0.655. The zero-order valence-corrected chi connectivity index (χ0v) is 16.8. The Labute approximate surface area is 174 Å². The van der Waals surface area contributed by atoms with E-state index in [9.17, 15) is 14.7 Å². The van der Waals surface area contributed by atoms with E-state index in [1.54, 1.807) is 37.5 Å². The van der Waals surface area contributed by atoms with Crippen LogP contribution in [0.3, 0.4) is 0 Å². The normalized spacial score (nSPS) is 14.3. The van der Waals surface area contributed by atoms with Gasteiger partial charge in [0.05, 0.1) is 11.8 Å². The first-order valence-electron chi connectivity index (χ1n) is 9.84. The Kier molecular flexibility index (Phi) is 5.23. The van der Waals surface area contributed by atoms with Gasteiger partial charge in [-0.25, -0.2) is 4.79 Å². The van der Waals surface area contributed by atoms with Crippen LogP contribution in [-0.2, 0) is 6.54 Å². The molecule has 30 heavy (non-hydrogen) atoms. The van der Waals surface area contributed by atoms with E-state index in [4.69, 9.17) is 4.74 Å². The molecule has 1 aliphatic heterocycles. The number of amides is 1. The molecule has 0 spiro atoms. The van der Waals surface area contributed by atoms with Crippen molar-refractivity contribution in [3.8, 4) is 16.9 Å². The molecular weight excluding hydrogens is 380 g/mol. The average Bonchev–Trinajstić information content (AvgIpc) is 2.77. The molecule has 0 fully saturated rings. The lowest BCUT2D eigenvalue weighted by atomic mass is 9.91. The number of aromatic nitrogens is 1. The van der Waals surface area contributed by atoms with Crippen LogP contribution in [-0.4, -0.2) is 22.0 Å². The summed E-state index contributed by atoms with van der Waals surface area (Å²) < 4.78 is 6.07. The van der Waals surface area contributed by atoms with Gasteiger partial charge >= 0.3 is 5.97 Å². The van der Waals surface area contributed by atoms with Crippen molar-refractivity contribution in [2.24, 2.45) is 0 Å². The first-order chi connectivity index (χ1) is 14.5. The number of benzene rings is 2. The summed E-state index contributed by atoms with van der Waals surface area (Å²) in [5.41, 5.74) is 5.21. The maximum atomic E-state index is 12.8. The minimum atomic E-state index is -0.976. The van der Waals surface area contributed by atoms with Crippen LogP contribution in [0.1, 0.15) is 56.9 Å². The smallest absolute Gasteiger partial charge is 0.335 e. The lowest BCUT2D eigenvalue weighted by Gasteiger charge is -2.28. The molecule has 0 radical (unpaired) electrons. The minimum absolute atomic E-state index is 0.140. The molecule has 3 aromatic rings. The van der Waals surface area contributed by atoms with Crippen molar-refractivity contribution in [3.63, 3.8) is 0 Å². The van der Waals surface area contributed by atoms with Gasteiger partial charge in [-0.05, 0) is 54.3 Å². The van der Waals surface area contributed by atoms with Crippen LogP contribution in [0.2, 0.25) is 0 Å². The van der Waals surface area contributed by atoms with Crippen LogP contribution in [0.15, 0.2) is 54.9 Å². The molecule has 6 heteroatoms. The SMILES string of the molecule is CCC1Oc2cnccc2-c2ccc(C(=O)NCc3cccc(C(=O)O)c3C)cc21. The van der Waals surface area contributed by atoms with Gasteiger partial charge in [-0.1, -0.05) is 25.1 Å². The van der Waals surface area contributed by atoms with Crippen LogP contribution >= 0.6 is 0 Å². The Balaban J connectivity index is 1.58. The number of carboxylic acid groups (broad SMARTS) is 1. The van der Waals surface area contributed by atoms with E-state index in [1.807, 2.05) is 31.2 Å². The Hall–Kier alpha value is -3.67. The van der Waals surface area contributed by atoms with Crippen molar-refractivity contribution < 1.29 is 19.4 Å². The third kappa shape index (κ3) is 3.52. The standard InChI is InChI=1S/C24H22N2O4/c1-3-21-20-11-15(7-8-18(20)19-9-10-25-13-22(19)30-21)23(27)26-12-16-5-4-6-17(14(16)2)24(28)29/h4-11,13,21H,3,12H2,1-2H3,(H,26,27)(H,28,29). The molecule has 2 heterocycles. The number of pyridine rings is 1. The first kappa shape index (κ1) is 19.6. The monoisotopic (exact) mass is 402 g/mol. The molecule has 4 rings (SSSR count). The summed E-state index contributed by atoms with van der Waals surface area (Å²) in [5.74, 6) is -0.437. The van der Waals surface area contributed by atoms with E-state index in [0.717, 1.165) is 34.4 Å². The van der Waals surface area contributed by atoms with Crippen molar-refractivity contribution >= 4 is 11.9 Å². The van der Waals surface area contributed by atoms with E-state index in [1.165, 1.54) is 0 Å². The average molecular weight is 402 g/mol. The van der Waals surface area contributed by atoms with Gasteiger partial charge in [-0.2, -0.15) is 0 Å². The van der Waals surface area contributed by atoms with Crippen molar-refractivity contribution in [2.45, 2.75) is 32.9 Å². The van der Waals surface area contributed by atoms with Crippen LogP contribution < -0.4 is 10.1 Å². The zero-order chi connectivity index (χ0) is 21.3. The number of carbonyl (C=O) groups excluding carboxylic acids is 1. The van der Waals surface area contributed by atoms with Gasteiger partial charge in [-0.15, -0.1) is 0 Å². The van der Waals surface area contributed by atoms with E-state index < -0.39 is 5.97 Å². The summed E-state index contributed by atoms with van der Waals surface area (Å²) in [6.07, 6.45) is 4.08. The number of carboxylic acids is 1. The summed E-state index contributed by atoms with van der Waals surface area (Å²) in [6.45, 7) is 4.05. The molecule has 0 saturated heterocycles. The lowest BCUT2D eigenvalue weighted by Crippen LogP contribution is -2.24. The van der Waals surface area contributed by atoms with Crippen LogP contribution in [0.4, 0.5) is 0 Å². The molecule has 0 aliphatic carbocycles. The molecule has 0 saturated carbocycles. The van der Waals surface area contributed by atoms with E-state index >= 15 is 0 Å². The van der Waals surface area contributed by atoms with E-state index in [2.05, 4.69) is 10.3 Å². The predicted molar refractivity (Wildman–Crippen MR) is 113 cm³/mol. The highest BCUT2D eigenvalue weighted by Crippen LogP contribution is 2.43. The van der Waals surface area contributed by atoms with Gasteiger partial charge in [-0.3, -0.25) is 9.78 Å². The fraction of sp³-hybridized carbons (Fsp3) is 0.208. The third-order valence-electron chi connectivity index (χ3n) is 5.49. The lowest BCUT2D eigenvalue weighted by molar-refractivity contribution is 0.0696. The number of nitrogens with one attached hydrogen (secondary N) is 1. The van der Waals surface area contributed by atoms with Crippen LogP contribution in [0.5, 0.6) is 5.75 Å². The number of fused-ring (bicyclic) bond motifs is 3. The van der Waals surface area contributed by atoms with Gasteiger partial charge < -0.3 is 15.2 Å². The third-order valence-corrected chi connectivity index (χ3v) is 5.49. The largest absolute Gasteiger partial charge is 0.483 e. The van der Waals surface area contributed by atoms with E-state index in [-0.39, 0.29) is 24.1 Å². The first-order valence-corrected chi connectivity index (χ1v) is 9.84. The number of hydrogen-bond donors (Lipinski definition) is 2. The van der Waals surface area contributed by atoms with Crippen molar-refractivity contribution in [3.05, 3.63) is 82.7 Å². The second-order valence-electron chi connectivity index (χ2n) is 7.27. The van der Waals surface area contributed by atoms with Gasteiger partial charge in [0.1, 0.15) is 11.9 Å². The molecule has 1 aliphatic rings. The van der Waals surface area contributed by atoms with Crippen LogP contribution in [0.25, 0.3) is 11.1 Å². The fourth-order valence-electron chi connectivity index (χ4n) is 3.82. The molecule has 152 valence electrons. The van der Waals surface area contributed by atoms with Gasteiger partial charge in [0.15, 0.2) is 0 Å². The van der Waals surface area contributed by atoms with Crippen molar-refractivity contribution in [1.29, 1.82) is 0 Å². The van der Waals surface area contributed by atoms with E-state index in [0.29, 0.717) is 11.1 Å². The van der Waals surface area contributed by atoms with Gasteiger partial charge in [0.25, 0.3) is 5.91 Å². The van der Waals surface area contributed by atoms with Crippen molar-refractivity contribution in [2.75, 3.05) is 0 Å². The highest BCUT2D eigenvalue weighted by molar-refractivity contribution is 5.95. The molecule has 1 aromatic heterocycles. The summed E-state index contributed by atoms with van der Waals surface area (Å²) in [5, 5.41) is 12.2. The number of nitrogens with zero attached hydrogens (tertiary/aromatic N) is 1. The molecular formula is C24H22N2O4. The van der Waals surface area contributed by atoms with Gasteiger partial charge in [0.2, 0.25) is 0 Å². The highest BCUT2D eigenvalue weighted by atomic mass is 16.5. The Morgan fingerprint density at radius 3 is 2.77 bits per heavy atom. The Morgan fingerprint density at radius 2 is 2.00 bits per heavy atom. The summed E-state index contributed by atoms with van der Waals surface area (Å²) >= 11 is 0. The minimum Gasteiger partial charge on any atom is -0.483 e. The fourth-order valence-corrected chi connectivity index (χ4v) is 3.82. The molecule has 0 bridgehead atoms. The number of ether oxygens (including phenoxy) is 1. The topological polar surface area (TPSA) is 88.5 Å². The highest BCUT2D eigenvalue weighted by Gasteiger charge is 2.26. The molecule has 1 amide bonds. The predicted octanol–water partition coefficient (Wildman–Crippen LogP) is 4.53. The summed E-state index contributed by atoms with van der Waals surface area (Å²) in [4.78, 5) is 28.2. The Morgan fingerprint density at radius 1 is 1.17 bits per heavy atom. The summed E-state index contributed by atoms with van der Waals surface area (Å²) in [7, 11) is 0. The number of hydrogen-bond acceptors (Lipinski definition) is 4. The molecule has 1 unspecified atom stereocenters. The number of rotatable bonds is 5. The Bertz CT molecular complexity index is 1140. The van der Waals surface area contributed by atoms with Crippen LogP contribution in [0, 0.1) is 6.92 Å². The van der Waals surface area contributed by atoms with Crippen molar-refractivity contribution in [1.82, 2.24) is 10.3 Å². The number of carbonyl (C=O) groups is 2. The molecule has 6 nitrogen and oxygen atoms in total. The molecule has 1 atom stereocenters. The van der Waals surface area contributed by atoms with Gasteiger partial charge in [0, 0.05) is 29.4 Å². The maximum Gasteiger partial charge on any atom is 0.335 e.